The highest BCUT2D eigenvalue weighted by Crippen LogP contribution is 2.33. The number of hydrogen-bond acceptors (Lipinski definition) is 4. The highest BCUT2D eigenvalue weighted by molar-refractivity contribution is 7.10. The normalized spacial score (nSPS) is 16.8. The van der Waals surface area contributed by atoms with Gasteiger partial charge in [0.05, 0.1) is 0 Å². The van der Waals surface area contributed by atoms with Crippen molar-refractivity contribution in [1.29, 1.82) is 0 Å². The molecule has 2 unspecified atom stereocenters. The molecule has 5 rings (SSSR count). The number of oxime groups is 1. The Morgan fingerprint density at radius 3 is 2.80 bits per heavy atom. The van der Waals surface area contributed by atoms with E-state index in [2.05, 4.69) is 39.0 Å². The zero-order chi connectivity index (χ0) is 20.3. The fraction of sp³-hybridized carbons (Fsp3) is 0.167. The molecule has 0 spiro atoms. The summed E-state index contributed by atoms with van der Waals surface area (Å²) in [5, 5.41) is 10.4. The molecule has 1 amide bonds. The molecule has 3 heterocycles. The smallest absolute Gasteiger partial charge is 0.269 e. The van der Waals surface area contributed by atoms with E-state index in [0.717, 1.165) is 11.1 Å². The summed E-state index contributed by atoms with van der Waals surface area (Å²) in [5.41, 5.74) is 3.74. The summed E-state index contributed by atoms with van der Waals surface area (Å²) in [5.74, 6) is -0.104. The number of para-hydroxylation sites is 1. The van der Waals surface area contributed by atoms with E-state index in [1.165, 1.54) is 15.8 Å². The van der Waals surface area contributed by atoms with Crippen molar-refractivity contribution in [2.75, 3.05) is 6.54 Å². The highest BCUT2D eigenvalue weighted by atomic mass is 32.1. The van der Waals surface area contributed by atoms with Gasteiger partial charge < -0.3 is 15.1 Å². The second kappa shape index (κ2) is 8.16. The summed E-state index contributed by atoms with van der Waals surface area (Å²) in [6, 6.07) is 22.3. The van der Waals surface area contributed by atoms with Crippen LogP contribution in [0.1, 0.15) is 34.4 Å². The van der Waals surface area contributed by atoms with Crippen LogP contribution in [0.4, 0.5) is 0 Å². The number of fused-ring (bicyclic) bond motifs is 1. The van der Waals surface area contributed by atoms with Gasteiger partial charge in [0.2, 0.25) is 0 Å². The van der Waals surface area contributed by atoms with E-state index in [-0.39, 0.29) is 17.9 Å². The number of thiophene rings is 1. The Bertz CT molecular complexity index is 1180. The number of nitrogens with one attached hydrogen (secondary N) is 2. The zero-order valence-electron chi connectivity index (χ0n) is 16.2. The van der Waals surface area contributed by atoms with Crippen LogP contribution < -0.4 is 5.32 Å². The van der Waals surface area contributed by atoms with Gasteiger partial charge in [-0.2, -0.15) is 0 Å². The Balaban J connectivity index is 1.31. The molecular formula is C24H21N3O2S. The minimum Gasteiger partial charge on any atom is -0.387 e. The number of aromatic amines is 1. The summed E-state index contributed by atoms with van der Waals surface area (Å²) >= 11 is 1.70. The number of rotatable bonds is 6. The average Bonchev–Trinajstić information content (AvgIpc) is 3.56. The van der Waals surface area contributed by atoms with Crippen LogP contribution in [0.15, 0.2) is 83.5 Å². The second-order valence-corrected chi connectivity index (χ2v) is 8.29. The number of aromatic nitrogens is 1. The number of benzene rings is 2. The fourth-order valence-corrected chi connectivity index (χ4v) is 4.74. The van der Waals surface area contributed by atoms with Crippen molar-refractivity contribution in [2.45, 2.75) is 18.4 Å². The summed E-state index contributed by atoms with van der Waals surface area (Å²) in [6.07, 6.45) is 2.32. The highest BCUT2D eigenvalue weighted by Gasteiger charge is 2.28. The Hall–Kier alpha value is -3.38. The van der Waals surface area contributed by atoms with Gasteiger partial charge in [-0.15, -0.1) is 11.3 Å². The molecular weight excluding hydrogens is 394 g/mol. The van der Waals surface area contributed by atoms with E-state index in [1.807, 2.05) is 54.7 Å². The summed E-state index contributed by atoms with van der Waals surface area (Å²) in [6.45, 7) is 0.496. The number of carbonyl (C=O) groups excluding carboxylic acids is 1. The molecule has 0 saturated heterocycles. The molecule has 1 aliphatic heterocycles. The van der Waals surface area contributed by atoms with Crippen LogP contribution in [0.3, 0.4) is 0 Å². The average molecular weight is 416 g/mol. The van der Waals surface area contributed by atoms with Gasteiger partial charge >= 0.3 is 0 Å². The molecule has 2 atom stereocenters. The van der Waals surface area contributed by atoms with Crippen molar-refractivity contribution in [2.24, 2.45) is 5.16 Å². The van der Waals surface area contributed by atoms with Gasteiger partial charge in [-0.25, -0.2) is 0 Å². The molecule has 0 saturated carbocycles. The molecule has 150 valence electrons. The Kier molecular flexibility index (Phi) is 5.07. The summed E-state index contributed by atoms with van der Waals surface area (Å²) in [4.78, 5) is 22.9. The molecule has 5 nitrogen and oxygen atoms in total. The first kappa shape index (κ1) is 18.6. The third kappa shape index (κ3) is 3.62. The van der Waals surface area contributed by atoms with Gasteiger partial charge in [-0.05, 0) is 28.6 Å². The van der Waals surface area contributed by atoms with Gasteiger partial charge in [-0.1, -0.05) is 59.8 Å². The van der Waals surface area contributed by atoms with E-state index in [0.29, 0.717) is 18.7 Å². The first-order valence-corrected chi connectivity index (χ1v) is 10.8. The van der Waals surface area contributed by atoms with Crippen LogP contribution in [-0.4, -0.2) is 23.1 Å². The minimum absolute atomic E-state index is 0.0675. The molecule has 2 N–H and O–H groups in total. The molecule has 0 radical (unpaired) electrons. The quantitative estimate of drug-likeness (QED) is 0.466. The fourth-order valence-electron chi connectivity index (χ4n) is 3.89. The lowest BCUT2D eigenvalue weighted by Crippen LogP contribution is -2.33. The third-order valence-electron chi connectivity index (χ3n) is 5.45. The molecule has 6 heteroatoms. The maximum Gasteiger partial charge on any atom is 0.269 e. The van der Waals surface area contributed by atoms with E-state index >= 15 is 0 Å². The molecule has 0 aliphatic carbocycles. The van der Waals surface area contributed by atoms with E-state index in [9.17, 15) is 4.79 Å². The molecule has 2 aromatic carbocycles. The topological polar surface area (TPSA) is 66.5 Å². The molecule has 4 aromatic rings. The number of amides is 1. The van der Waals surface area contributed by atoms with Crippen molar-refractivity contribution in [3.05, 3.63) is 94.3 Å². The van der Waals surface area contributed by atoms with E-state index in [1.54, 1.807) is 11.3 Å². The number of carbonyl (C=O) groups is 1. The van der Waals surface area contributed by atoms with Gasteiger partial charge in [0.1, 0.15) is 5.71 Å². The maximum absolute atomic E-state index is 12.8. The van der Waals surface area contributed by atoms with Crippen molar-refractivity contribution in [3.8, 4) is 0 Å². The predicted molar refractivity (Wildman–Crippen MR) is 120 cm³/mol. The SMILES string of the molecule is O=C(NCC(c1cccs1)c1c[nH]c2ccccc12)C1=NOC(c2ccccc2)C1. The van der Waals surface area contributed by atoms with Gasteiger partial charge in [0.25, 0.3) is 5.91 Å². The Morgan fingerprint density at radius 1 is 1.13 bits per heavy atom. The molecule has 30 heavy (non-hydrogen) atoms. The van der Waals surface area contributed by atoms with Crippen LogP contribution in [0.25, 0.3) is 10.9 Å². The third-order valence-corrected chi connectivity index (χ3v) is 6.44. The Morgan fingerprint density at radius 2 is 1.97 bits per heavy atom. The van der Waals surface area contributed by atoms with E-state index < -0.39 is 0 Å². The lowest BCUT2D eigenvalue weighted by molar-refractivity contribution is -0.114. The zero-order valence-corrected chi connectivity index (χ0v) is 17.1. The van der Waals surface area contributed by atoms with Gasteiger partial charge in [-0.3, -0.25) is 4.79 Å². The van der Waals surface area contributed by atoms with Gasteiger partial charge in [0.15, 0.2) is 6.10 Å². The second-order valence-electron chi connectivity index (χ2n) is 7.31. The standard InChI is InChI=1S/C24H21N3O2S/c28-24(21-13-22(29-27-21)16-7-2-1-3-8-16)26-15-19(23-11-6-12-30-23)18-14-25-20-10-5-4-9-17(18)20/h1-12,14,19,22,25H,13,15H2,(H,26,28). The van der Waals surface area contributed by atoms with Gasteiger partial charge in [0, 0.05) is 40.9 Å². The van der Waals surface area contributed by atoms with Crippen LogP contribution in [0.2, 0.25) is 0 Å². The van der Waals surface area contributed by atoms with Crippen LogP contribution >= 0.6 is 11.3 Å². The first-order valence-electron chi connectivity index (χ1n) is 9.95. The largest absolute Gasteiger partial charge is 0.387 e. The van der Waals surface area contributed by atoms with Crippen LogP contribution in [0.5, 0.6) is 0 Å². The lowest BCUT2D eigenvalue weighted by Gasteiger charge is -2.16. The molecule has 2 aromatic heterocycles. The first-order chi connectivity index (χ1) is 14.8. The van der Waals surface area contributed by atoms with Crippen molar-refractivity contribution in [3.63, 3.8) is 0 Å². The molecule has 0 bridgehead atoms. The molecule has 0 fully saturated rings. The number of hydrogen-bond donors (Lipinski definition) is 2. The lowest BCUT2D eigenvalue weighted by atomic mass is 9.96. The number of H-pyrrole nitrogens is 1. The monoisotopic (exact) mass is 415 g/mol. The summed E-state index contributed by atoms with van der Waals surface area (Å²) < 4.78 is 0. The Labute approximate surface area is 178 Å². The van der Waals surface area contributed by atoms with Crippen LogP contribution in [0, 0.1) is 0 Å². The predicted octanol–water partition coefficient (Wildman–Crippen LogP) is 5.00. The summed E-state index contributed by atoms with van der Waals surface area (Å²) in [7, 11) is 0. The minimum atomic E-state index is -0.200. The maximum atomic E-state index is 12.8. The van der Waals surface area contributed by atoms with Crippen molar-refractivity contribution in [1.82, 2.24) is 10.3 Å². The molecule has 1 aliphatic rings. The van der Waals surface area contributed by atoms with Crippen molar-refractivity contribution < 1.29 is 9.63 Å². The number of nitrogens with zero attached hydrogens (tertiary/aromatic N) is 1. The van der Waals surface area contributed by atoms with E-state index in [4.69, 9.17) is 4.84 Å². The van der Waals surface area contributed by atoms with Crippen molar-refractivity contribution >= 4 is 33.9 Å². The van der Waals surface area contributed by atoms with Crippen LogP contribution in [-0.2, 0) is 9.63 Å².